The standard InChI is InChI=1S/C31H29ClN2O4.C20H17ClN2O4.C9H13N.CO2.ClH/c1-21-8-10-24(11-9-21)19-33-29(25-12-14-27(32)15-13-25)18-30(37)34(31(33)38)20-28(36)17-26(22(2)35)16-23-6-4-3-5-7-23;1-13-2-4-14(5-3-13)11-22-17(15-6-8-16(21)9-7-15)10-18(24)23(20(22)27)12-19(25)26;1-8(10)7-9-5-3-2-4-6-9;2-1-3;/h3-15,18,26H,16-17,19-20H2,1-2H3;2-10H,11-12H2,1H3,(H,25,26);2-6,8H,7,10H2,1H3;;1H. The summed E-state index contributed by atoms with van der Waals surface area (Å²) in [7, 11) is 0. The maximum absolute atomic E-state index is 13.6. The number of hydrogen-bond donors (Lipinski definition) is 2. The minimum absolute atomic E-state index is 0. The first-order valence-electron chi connectivity index (χ1n) is 24.7. The van der Waals surface area contributed by atoms with Crippen molar-refractivity contribution >= 4 is 59.3 Å². The number of aromatic nitrogens is 4. The minimum atomic E-state index is -1.25. The Hall–Kier alpha value is -8.30. The average molecular weight is 1130 g/mol. The molecule has 2 aromatic heterocycles. The van der Waals surface area contributed by atoms with E-state index in [2.05, 4.69) is 12.1 Å². The maximum atomic E-state index is 13.6. The molecule has 8 rings (SSSR count). The van der Waals surface area contributed by atoms with Crippen molar-refractivity contribution in [1.29, 1.82) is 0 Å². The van der Waals surface area contributed by atoms with Crippen LogP contribution in [0.15, 0.2) is 189 Å². The number of hydrogen-bond acceptors (Lipinski definition) is 10. The molecule has 0 radical (unpaired) electrons. The zero-order valence-electron chi connectivity index (χ0n) is 43.9. The van der Waals surface area contributed by atoms with Crippen LogP contribution in [0.3, 0.4) is 0 Å². The summed E-state index contributed by atoms with van der Waals surface area (Å²) in [5.41, 5.74) is 11.5. The Balaban J connectivity index is 0.000000284. The van der Waals surface area contributed by atoms with E-state index in [0.717, 1.165) is 43.4 Å². The third-order valence-corrected chi connectivity index (χ3v) is 12.7. The van der Waals surface area contributed by atoms with Gasteiger partial charge in [0.05, 0.1) is 31.0 Å². The smallest absolute Gasteiger partial charge is 0.373 e. The highest BCUT2D eigenvalue weighted by atomic mass is 35.5. The number of aryl methyl sites for hydroxylation is 2. The molecule has 6 aromatic carbocycles. The van der Waals surface area contributed by atoms with Crippen LogP contribution in [0.2, 0.25) is 10.0 Å². The van der Waals surface area contributed by atoms with E-state index in [1.54, 1.807) is 48.5 Å². The van der Waals surface area contributed by atoms with Gasteiger partial charge in [0.25, 0.3) is 11.1 Å². The number of nitrogens with zero attached hydrogens (tertiary/aromatic N) is 4. The monoisotopic (exact) mass is 1130 g/mol. The van der Waals surface area contributed by atoms with Crippen LogP contribution in [0.4, 0.5) is 0 Å². The van der Waals surface area contributed by atoms with Gasteiger partial charge in [0.1, 0.15) is 12.3 Å². The number of aliphatic carboxylic acids is 1. The number of carboxylic acid groups (broad SMARTS) is 1. The number of nitrogens with two attached hydrogens (primary N) is 1. The molecule has 2 unspecified atom stereocenters. The van der Waals surface area contributed by atoms with Gasteiger partial charge in [0.15, 0.2) is 5.78 Å². The van der Waals surface area contributed by atoms with Gasteiger partial charge in [-0.3, -0.25) is 37.7 Å². The lowest BCUT2D eigenvalue weighted by molar-refractivity contribution is -0.191. The summed E-state index contributed by atoms with van der Waals surface area (Å²) in [6.45, 7) is 6.76. The first kappa shape index (κ1) is 63.2. The Morgan fingerprint density at radius 2 is 0.911 bits per heavy atom. The van der Waals surface area contributed by atoms with Gasteiger partial charge >= 0.3 is 23.5 Å². The average Bonchev–Trinajstić information content (AvgIpc) is 3.40. The summed E-state index contributed by atoms with van der Waals surface area (Å²) >= 11 is 12.0. The number of carboxylic acids is 1. The van der Waals surface area contributed by atoms with E-state index in [1.165, 1.54) is 33.8 Å². The predicted molar refractivity (Wildman–Crippen MR) is 309 cm³/mol. The van der Waals surface area contributed by atoms with Gasteiger partial charge in [-0.2, -0.15) is 9.59 Å². The molecule has 18 heteroatoms. The SMILES string of the molecule is CC(=O)C(CC(=O)Cn1c(=O)cc(-c2ccc(Cl)cc2)n(Cc2ccc(C)cc2)c1=O)Cc1ccccc1.CC(N)Cc1ccccc1.Cc1ccc(Cn2c(-c3ccc(Cl)cc3)cc(=O)n(CC(=O)O)c2=O)cc1.Cl.O=C=O. The lowest BCUT2D eigenvalue weighted by atomic mass is 9.91. The van der Waals surface area contributed by atoms with Crippen LogP contribution in [0.1, 0.15) is 53.6 Å². The van der Waals surface area contributed by atoms with Crippen molar-refractivity contribution in [3.8, 4) is 22.5 Å². The van der Waals surface area contributed by atoms with Crippen LogP contribution in [-0.4, -0.2) is 53.1 Å². The van der Waals surface area contributed by atoms with Gasteiger partial charge in [-0.05, 0) is 98.2 Å². The molecule has 0 spiro atoms. The van der Waals surface area contributed by atoms with Crippen molar-refractivity contribution in [2.75, 3.05) is 0 Å². The molecule has 410 valence electrons. The molecular weight excluding hydrogens is 1070 g/mol. The topological polar surface area (TPSA) is 220 Å². The van der Waals surface area contributed by atoms with Gasteiger partial charge < -0.3 is 10.8 Å². The molecule has 3 N–H and O–H groups in total. The lowest BCUT2D eigenvalue weighted by Gasteiger charge is -2.17. The second kappa shape index (κ2) is 31.2. The molecular formula is C61H60Cl3N5O10. The van der Waals surface area contributed by atoms with Gasteiger partial charge in [0, 0.05) is 40.6 Å². The van der Waals surface area contributed by atoms with E-state index in [0.29, 0.717) is 39.0 Å². The minimum Gasteiger partial charge on any atom is -0.480 e. The van der Waals surface area contributed by atoms with Crippen molar-refractivity contribution in [2.45, 2.75) is 79.2 Å². The molecule has 0 saturated carbocycles. The number of halogens is 3. The van der Waals surface area contributed by atoms with Gasteiger partial charge in [-0.25, -0.2) is 14.2 Å². The molecule has 0 aliphatic heterocycles. The highest BCUT2D eigenvalue weighted by Crippen LogP contribution is 2.23. The normalized spacial score (nSPS) is 11.1. The van der Waals surface area contributed by atoms with Crippen LogP contribution in [0.25, 0.3) is 22.5 Å². The summed E-state index contributed by atoms with van der Waals surface area (Å²) in [5, 5.41) is 10.1. The Kier molecular flexibility index (Phi) is 25.0. The molecule has 15 nitrogen and oxygen atoms in total. The molecule has 0 saturated heterocycles. The summed E-state index contributed by atoms with van der Waals surface area (Å²) in [5.74, 6) is -2.23. The van der Waals surface area contributed by atoms with Crippen molar-refractivity contribution in [2.24, 2.45) is 11.7 Å². The van der Waals surface area contributed by atoms with Crippen LogP contribution in [0.5, 0.6) is 0 Å². The van der Waals surface area contributed by atoms with E-state index in [-0.39, 0.29) is 55.7 Å². The maximum Gasteiger partial charge on any atom is 0.373 e. The Bertz CT molecular complexity index is 3570. The van der Waals surface area contributed by atoms with Gasteiger partial charge in [-0.15, -0.1) is 12.4 Å². The zero-order valence-corrected chi connectivity index (χ0v) is 46.3. The van der Waals surface area contributed by atoms with Crippen LogP contribution < -0.4 is 28.2 Å². The van der Waals surface area contributed by atoms with E-state index < -0.39 is 47.5 Å². The highest BCUT2D eigenvalue weighted by molar-refractivity contribution is 6.30. The molecule has 0 bridgehead atoms. The van der Waals surface area contributed by atoms with E-state index >= 15 is 0 Å². The first-order chi connectivity index (χ1) is 37.3. The third kappa shape index (κ3) is 19.6. The van der Waals surface area contributed by atoms with Crippen molar-refractivity contribution in [1.82, 2.24) is 18.3 Å². The number of benzene rings is 6. The fraction of sp³-hybridized carbons (Fsp3) is 0.213. The number of Topliss-reactive ketones (excluding diaryl/α,β-unsaturated/α-hetero) is 2. The largest absolute Gasteiger partial charge is 0.480 e. The third-order valence-electron chi connectivity index (χ3n) is 12.2. The summed E-state index contributed by atoms with van der Waals surface area (Å²) in [4.78, 5) is 105. The lowest BCUT2D eigenvalue weighted by Crippen LogP contribution is -2.42. The van der Waals surface area contributed by atoms with Crippen LogP contribution in [0, 0.1) is 19.8 Å². The fourth-order valence-electron chi connectivity index (χ4n) is 8.20. The quantitative estimate of drug-likeness (QED) is 0.0875. The number of carbonyl (C=O) groups excluding carboxylic acids is 4. The molecule has 8 aromatic rings. The second-order valence-corrected chi connectivity index (χ2v) is 19.4. The Morgan fingerprint density at radius 3 is 1.27 bits per heavy atom. The van der Waals surface area contributed by atoms with Crippen molar-refractivity contribution in [3.63, 3.8) is 0 Å². The first-order valence-corrected chi connectivity index (χ1v) is 25.4. The predicted octanol–water partition coefficient (Wildman–Crippen LogP) is 9.28. The summed E-state index contributed by atoms with van der Waals surface area (Å²) in [6, 6.07) is 51.7. The highest BCUT2D eigenvalue weighted by Gasteiger charge is 2.22. The second-order valence-electron chi connectivity index (χ2n) is 18.5. The molecule has 0 aliphatic rings. The zero-order chi connectivity index (χ0) is 56.9. The number of ketones is 2. The Morgan fingerprint density at radius 1 is 0.544 bits per heavy atom. The number of carbonyl (C=O) groups is 3. The molecule has 2 heterocycles. The van der Waals surface area contributed by atoms with Crippen LogP contribution in [-0.2, 0) is 63.0 Å². The number of rotatable bonds is 17. The Labute approximate surface area is 472 Å². The fourth-order valence-corrected chi connectivity index (χ4v) is 8.45. The van der Waals surface area contributed by atoms with E-state index in [1.807, 2.05) is 118 Å². The van der Waals surface area contributed by atoms with Crippen molar-refractivity contribution in [3.05, 3.63) is 255 Å². The van der Waals surface area contributed by atoms with E-state index in [9.17, 15) is 33.6 Å². The van der Waals surface area contributed by atoms with Crippen molar-refractivity contribution < 1.29 is 29.1 Å². The summed E-state index contributed by atoms with van der Waals surface area (Å²) in [6.07, 6.45) is 1.60. The molecule has 0 amide bonds. The van der Waals surface area contributed by atoms with Gasteiger partial charge in [0.2, 0.25) is 0 Å². The summed E-state index contributed by atoms with van der Waals surface area (Å²) < 4.78 is 4.57. The van der Waals surface area contributed by atoms with E-state index in [4.69, 9.17) is 43.6 Å². The molecule has 0 fully saturated rings. The van der Waals surface area contributed by atoms with Gasteiger partial charge in [-0.1, -0.05) is 168 Å². The molecule has 0 aliphatic carbocycles. The van der Waals surface area contributed by atoms with Crippen LogP contribution >= 0.6 is 35.6 Å². The molecule has 2 atom stereocenters. The molecule has 79 heavy (non-hydrogen) atoms.